The number of hydrogen-bond donors (Lipinski definition) is 1. The zero-order valence-corrected chi connectivity index (χ0v) is 12.6. The Balaban J connectivity index is 2.14. The van der Waals surface area contributed by atoms with E-state index in [1.54, 1.807) is 11.3 Å². The second-order valence-corrected chi connectivity index (χ2v) is 6.61. The SMILES string of the molecule is Cc1ncsc1CN(C)C1(CN)CCCCC1C. The molecule has 4 heteroatoms. The first-order chi connectivity index (χ1) is 8.60. The van der Waals surface area contributed by atoms with Gasteiger partial charge in [-0.25, -0.2) is 4.98 Å². The van der Waals surface area contributed by atoms with Crippen molar-refractivity contribution in [2.24, 2.45) is 11.7 Å². The average Bonchev–Trinajstić information content (AvgIpc) is 2.76. The molecule has 0 aliphatic heterocycles. The fraction of sp³-hybridized carbons (Fsp3) is 0.786. The molecule has 1 aromatic heterocycles. The highest BCUT2D eigenvalue weighted by Crippen LogP contribution is 2.38. The zero-order valence-electron chi connectivity index (χ0n) is 11.8. The molecule has 0 bridgehead atoms. The second kappa shape index (κ2) is 5.68. The Bertz CT molecular complexity index is 390. The van der Waals surface area contributed by atoms with Gasteiger partial charge in [0.25, 0.3) is 0 Å². The molecule has 0 saturated heterocycles. The Morgan fingerprint density at radius 1 is 1.56 bits per heavy atom. The van der Waals surface area contributed by atoms with E-state index in [4.69, 9.17) is 5.73 Å². The lowest BCUT2D eigenvalue weighted by Crippen LogP contribution is -2.57. The van der Waals surface area contributed by atoms with Gasteiger partial charge in [-0.1, -0.05) is 19.8 Å². The number of rotatable bonds is 4. The number of aryl methyl sites for hydroxylation is 1. The third-order valence-electron chi connectivity index (χ3n) is 4.75. The molecule has 1 fully saturated rings. The van der Waals surface area contributed by atoms with Gasteiger partial charge in [-0.05, 0) is 32.7 Å². The predicted octanol–water partition coefficient (Wildman–Crippen LogP) is 2.79. The summed E-state index contributed by atoms with van der Waals surface area (Å²) in [4.78, 5) is 8.20. The first-order valence-corrected chi connectivity index (χ1v) is 7.78. The third-order valence-corrected chi connectivity index (χ3v) is 5.67. The minimum Gasteiger partial charge on any atom is -0.329 e. The van der Waals surface area contributed by atoms with E-state index in [9.17, 15) is 0 Å². The molecule has 1 aliphatic carbocycles. The molecule has 1 aromatic rings. The van der Waals surface area contributed by atoms with Crippen LogP contribution in [0.4, 0.5) is 0 Å². The predicted molar refractivity (Wildman–Crippen MR) is 77.7 cm³/mol. The molecule has 0 radical (unpaired) electrons. The summed E-state index contributed by atoms with van der Waals surface area (Å²) in [5, 5.41) is 0. The van der Waals surface area contributed by atoms with Crippen LogP contribution in [0.2, 0.25) is 0 Å². The Hall–Kier alpha value is -0.450. The number of aromatic nitrogens is 1. The summed E-state index contributed by atoms with van der Waals surface area (Å²) >= 11 is 1.76. The van der Waals surface area contributed by atoms with Crippen LogP contribution in [0, 0.1) is 12.8 Å². The second-order valence-electron chi connectivity index (χ2n) is 5.67. The molecule has 0 aromatic carbocycles. The maximum absolute atomic E-state index is 6.14. The van der Waals surface area contributed by atoms with Crippen molar-refractivity contribution >= 4 is 11.3 Å². The van der Waals surface area contributed by atoms with Gasteiger partial charge in [0.2, 0.25) is 0 Å². The lowest BCUT2D eigenvalue weighted by Gasteiger charge is -2.48. The number of thiazole rings is 1. The van der Waals surface area contributed by atoms with E-state index in [0.29, 0.717) is 5.92 Å². The van der Waals surface area contributed by atoms with Crippen molar-refractivity contribution in [2.75, 3.05) is 13.6 Å². The molecule has 18 heavy (non-hydrogen) atoms. The van der Waals surface area contributed by atoms with Gasteiger partial charge in [-0.2, -0.15) is 0 Å². The van der Waals surface area contributed by atoms with Crippen LogP contribution in [0.1, 0.15) is 43.2 Å². The van der Waals surface area contributed by atoms with Crippen molar-refractivity contribution in [1.29, 1.82) is 0 Å². The highest BCUT2D eigenvalue weighted by Gasteiger charge is 2.40. The van der Waals surface area contributed by atoms with E-state index >= 15 is 0 Å². The molecule has 102 valence electrons. The summed E-state index contributed by atoms with van der Waals surface area (Å²) in [6.45, 7) is 6.21. The number of nitrogens with two attached hydrogens (primary N) is 1. The fourth-order valence-corrected chi connectivity index (χ4v) is 4.10. The van der Waals surface area contributed by atoms with E-state index in [1.807, 2.05) is 5.51 Å². The largest absolute Gasteiger partial charge is 0.329 e. The van der Waals surface area contributed by atoms with Gasteiger partial charge in [-0.15, -0.1) is 11.3 Å². The van der Waals surface area contributed by atoms with E-state index in [2.05, 4.69) is 30.8 Å². The molecule has 2 atom stereocenters. The van der Waals surface area contributed by atoms with Crippen LogP contribution in [0.15, 0.2) is 5.51 Å². The monoisotopic (exact) mass is 267 g/mol. The molecule has 3 nitrogen and oxygen atoms in total. The van der Waals surface area contributed by atoms with Crippen molar-refractivity contribution in [3.05, 3.63) is 16.1 Å². The first-order valence-electron chi connectivity index (χ1n) is 6.90. The number of likely N-dealkylation sites (N-methyl/N-ethyl adjacent to an activating group) is 1. The van der Waals surface area contributed by atoms with Crippen molar-refractivity contribution in [3.63, 3.8) is 0 Å². The molecule has 2 rings (SSSR count). The van der Waals surface area contributed by atoms with Crippen molar-refractivity contribution < 1.29 is 0 Å². The maximum Gasteiger partial charge on any atom is 0.0798 e. The molecule has 0 spiro atoms. The van der Waals surface area contributed by atoms with Crippen LogP contribution in [0.5, 0.6) is 0 Å². The lowest BCUT2D eigenvalue weighted by molar-refractivity contribution is 0.0284. The maximum atomic E-state index is 6.14. The quantitative estimate of drug-likeness (QED) is 0.912. The molecule has 1 aliphatic rings. The molecular formula is C14H25N3S. The molecule has 0 amide bonds. The topological polar surface area (TPSA) is 42.2 Å². The zero-order chi connectivity index (χ0) is 13.2. The summed E-state index contributed by atoms with van der Waals surface area (Å²) in [6, 6.07) is 0. The van der Waals surface area contributed by atoms with Gasteiger partial charge in [0.05, 0.1) is 11.2 Å². The van der Waals surface area contributed by atoms with Gasteiger partial charge in [-0.3, -0.25) is 4.90 Å². The Kier molecular flexibility index (Phi) is 4.41. The normalized spacial score (nSPS) is 28.8. The minimum absolute atomic E-state index is 0.189. The van der Waals surface area contributed by atoms with Crippen molar-refractivity contribution in [3.8, 4) is 0 Å². The van der Waals surface area contributed by atoms with E-state index in [0.717, 1.165) is 13.1 Å². The summed E-state index contributed by atoms with van der Waals surface area (Å²) in [7, 11) is 2.23. The van der Waals surface area contributed by atoms with Crippen LogP contribution in [0.25, 0.3) is 0 Å². The van der Waals surface area contributed by atoms with Gasteiger partial charge in [0, 0.05) is 23.5 Å². The molecule has 1 saturated carbocycles. The molecule has 1 heterocycles. The van der Waals surface area contributed by atoms with Gasteiger partial charge < -0.3 is 5.73 Å². The van der Waals surface area contributed by atoms with Crippen LogP contribution >= 0.6 is 11.3 Å². The summed E-state index contributed by atoms with van der Waals surface area (Å²) < 4.78 is 0. The smallest absolute Gasteiger partial charge is 0.0798 e. The highest BCUT2D eigenvalue weighted by molar-refractivity contribution is 7.09. The van der Waals surface area contributed by atoms with Crippen LogP contribution in [-0.2, 0) is 6.54 Å². The summed E-state index contributed by atoms with van der Waals surface area (Å²) in [5.41, 5.74) is 9.44. The Morgan fingerprint density at radius 2 is 2.33 bits per heavy atom. The fourth-order valence-electron chi connectivity index (χ4n) is 3.27. The Morgan fingerprint density at radius 3 is 2.89 bits per heavy atom. The summed E-state index contributed by atoms with van der Waals surface area (Å²) in [5.74, 6) is 0.689. The number of hydrogen-bond acceptors (Lipinski definition) is 4. The van der Waals surface area contributed by atoms with Crippen LogP contribution in [0.3, 0.4) is 0 Å². The van der Waals surface area contributed by atoms with E-state index in [1.165, 1.54) is 36.3 Å². The van der Waals surface area contributed by atoms with Crippen LogP contribution < -0.4 is 5.73 Å². The van der Waals surface area contributed by atoms with Gasteiger partial charge >= 0.3 is 0 Å². The minimum atomic E-state index is 0.189. The Labute approximate surface area is 114 Å². The van der Waals surface area contributed by atoms with Crippen molar-refractivity contribution in [1.82, 2.24) is 9.88 Å². The highest BCUT2D eigenvalue weighted by atomic mass is 32.1. The lowest BCUT2D eigenvalue weighted by atomic mass is 9.72. The van der Waals surface area contributed by atoms with E-state index < -0.39 is 0 Å². The molecular weight excluding hydrogens is 242 g/mol. The standard InChI is InChI=1S/C14H25N3S/c1-11-6-4-5-7-14(11,9-15)17(3)8-13-12(2)16-10-18-13/h10-11H,4-9,15H2,1-3H3. The third kappa shape index (κ3) is 2.46. The van der Waals surface area contributed by atoms with Crippen molar-refractivity contribution in [2.45, 2.75) is 51.6 Å². The van der Waals surface area contributed by atoms with Gasteiger partial charge in [0.15, 0.2) is 0 Å². The summed E-state index contributed by atoms with van der Waals surface area (Å²) in [6.07, 6.45) is 5.21. The van der Waals surface area contributed by atoms with Crippen LogP contribution in [-0.4, -0.2) is 29.0 Å². The molecule has 2 unspecified atom stereocenters. The average molecular weight is 267 g/mol. The molecule has 2 N–H and O–H groups in total. The first kappa shape index (κ1) is 14.0. The van der Waals surface area contributed by atoms with E-state index in [-0.39, 0.29) is 5.54 Å². The van der Waals surface area contributed by atoms with Gasteiger partial charge in [0.1, 0.15) is 0 Å². The number of nitrogens with zero attached hydrogens (tertiary/aromatic N) is 2.